The number of benzene rings is 1. The van der Waals surface area contributed by atoms with Gasteiger partial charge in [-0.05, 0) is 23.8 Å². The van der Waals surface area contributed by atoms with Gasteiger partial charge in [0.15, 0.2) is 0 Å². The first-order chi connectivity index (χ1) is 9.28. The van der Waals surface area contributed by atoms with Gasteiger partial charge in [0.2, 0.25) is 5.91 Å². The lowest BCUT2D eigenvalue weighted by Gasteiger charge is -2.00. The van der Waals surface area contributed by atoms with Crippen LogP contribution in [-0.2, 0) is 11.3 Å². The van der Waals surface area contributed by atoms with E-state index in [9.17, 15) is 4.79 Å². The topological polar surface area (TPSA) is 67.0 Å². The van der Waals surface area contributed by atoms with Gasteiger partial charge in [-0.1, -0.05) is 12.1 Å². The number of rotatable bonds is 5. The molecule has 1 amide bonds. The van der Waals surface area contributed by atoms with E-state index < -0.39 is 0 Å². The highest BCUT2D eigenvalue weighted by Gasteiger charge is 1.98. The van der Waals surface area contributed by atoms with Crippen LogP contribution in [0.1, 0.15) is 11.4 Å². The third kappa shape index (κ3) is 3.99. The number of nitrogens with zero attached hydrogens (tertiary/aromatic N) is 1. The number of carbonyl (C=O) groups excluding carboxylic acids is 1. The summed E-state index contributed by atoms with van der Waals surface area (Å²) in [5.74, 6) is 1.36. The van der Waals surface area contributed by atoms with Crippen molar-refractivity contribution in [2.45, 2.75) is 6.54 Å². The third-order valence-corrected chi connectivity index (χ3v) is 2.53. The van der Waals surface area contributed by atoms with Crippen molar-refractivity contribution in [2.24, 2.45) is 0 Å². The Morgan fingerprint density at radius 1 is 1.42 bits per heavy atom. The molecule has 0 bridgehead atoms. The van der Waals surface area contributed by atoms with E-state index in [-0.39, 0.29) is 5.91 Å². The number of aromatic amines is 1. The molecule has 98 valence electrons. The summed E-state index contributed by atoms with van der Waals surface area (Å²) in [6.07, 6.45) is 6.60. The van der Waals surface area contributed by atoms with Gasteiger partial charge in [-0.15, -0.1) is 0 Å². The number of H-pyrrole nitrogens is 1. The average molecular weight is 257 g/mol. The molecule has 1 aromatic carbocycles. The zero-order chi connectivity index (χ0) is 13.5. The van der Waals surface area contributed by atoms with E-state index >= 15 is 0 Å². The van der Waals surface area contributed by atoms with Crippen molar-refractivity contribution in [3.8, 4) is 5.75 Å². The maximum atomic E-state index is 11.6. The summed E-state index contributed by atoms with van der Waals surface area (Å²) in [6, 6.07) is 7.46. The molecular formula is C14H15N3O2. The van der Waals surface area contributed by atoms with Gasteiger partial charge in [-0.2, -0.15) is 0 Å². The van der Waals surface area contributed by atoms with E-state index in [1.165, 1.54) is 6.08 Å². The molecule has 0 aliphatic rings. The van der Waals surface area contributed by atoms with Crippen LogP contribution in [0.3, 0.4) is 0 Å². The fourth-order valence-corrected chi connectivity index (χ4v) is 1.51. The minimum absolute atomic E-state index is 0.160. The summed E-state index contributed by atoms with van der Waals surface area (Å²) in [6.45, 7) is 0.388. The summed E-state index contributed by atoms with van der Waals surface area (Å²) in [5.41, 5.74) is 0.939. The zero-order valence-electron chi connectivity index (χ0n) is 10.6. The van der Waals surface area contributed by atoms with Crippen molar-refractivity contribution in [2.75, 3.05) is 7.11 Å². The van der Waals surface area contributed by atoms with E-state index in [0.29, 0.717) is 6.54 Å². The van der Waals surface area contributed by atoms with Gasteiger partial charge >= 0.3 is 0 Å². The second kappa shape index (κ2) is 6.39. The first kappa shape index (κ1) is 12.9. The molecule has 2 aromatic rings. The quantitative estimate of drug-likeness (QED) is 0.802. The van der Waals surface area contributed by atoms with Gasteiger partial charge in [0.1, 0.15) is 11.6 Å². The van der Waals surface area contributed by atoms with Crippen molar-refractivity contribution in [3.63, 3.8) is 0 Å². The molecule has 0 atom stereocenters. The summed E-state index contributed by atoms with van der Waals surface area (Å²) in [5, 5.41) is 2.73. The SMILES string of the molecule is COc1ccc(C=CC(=O)NCc2ncc[nH]2)cc1. The van der Waals surface area contributed by atoms with E-state index in [1.54, 1.807) is 25.6 Å². The number of imidazole rings is 1. The average Bonchev–Trinajstić information content (AvgIpc) is 2.96. The van der Waals surface area contributed by atoms with Crippen LogP contribution >= 0.6 is 0 Å². The molecule has 0 aliphatic heterocycles. The fourth-order valence-electron chi connectivity index (χ4n) is 1.51. The van der Waals surface area contributed by atoms with Crippen molar-refractivity contribution >= 4 is 12.0 Å². The molecular weight excluding hydrogens is 242 g/mol. The molecule has 0 fully saturated rings. The first-order valence-corrected chi connectivity index (χ1v) is 5.86. The molecule has 1 aromatic heterocycles. The minimum Gasteiger partial charge on any atom is -0.497 e. The van der Waals surface area contributed by atoms with Gasteiger partial charge in [0, 0.05) is 18.5 Å². The first-order valence-electron chi connectivity index (χ1n) is 5.86. The number of carbonyl (C=O) groups is 1. The van der Waals surface area contributed by atoms with Gasteiger partial charge in [-0.3, -0.25) is 4.79 Å². The Morgan fingerprint density at radius 3 is 2.84 bits per heavy atom. The van der Waals surface area contributed by atoms with Crippen LogP contribution in [-0.4, -0.2) is 23.0 Å². The number of aromatic nitrogens is 2. The Morgan fingerprint density at radius 2 is 2.21 bits per heavy atom. The predicted molar refractivity (Wildman–Crippen MR) is 72.5 cm³/mol. The zero-order valence-corrected chi connectivity index (χ0v) is 10.6. The second-order valence-corrected chi connectivity index (χ2v) is 3.86. The molecule has 0 saturated heterocycles. The van der Waals surface area contributed by atoms with Crippen LogP contribution in [0.2, 0.25) is 0 Å². The molecule has 0 saturated carbocycles. The van der Waals surface area contributed by atoms with Crippen molar-refractivity contribution in [1.29, 1.82) is 0 Å². The van der Waals surface area contributed by atoms with E-state index in [4.69, 9.17) is 4.74 Å². The fraction of sp³-hybridized carbons (Fsp3) is 0.143. The number of hydrogen-bond donors (Lipinski definition) is 2. The molecule has 5 nitrogen and oxygen atoms in total. The lowest BCUT2D eigenvalue weighted by Crippen LogP contribution is -2.20. The van der Waals surface area contributed by atoms with Crippen LogP contribution in [0.15, 0.2) is 42.7 Å². The smallest absolute Gasteiger partial charge is 0.244 e. The number of hydrogen-bond acceptors (Lipinski definition) is 3. The van der Waals surface area contributed by atoms with Gasteiger partial charge in [0.25, 0.3) is 0 Å². The van der Waals surface area contributed by atoms with Crippen LogP contribution in [0, 0.1) is 0 Å². The van der Waals surface area contributed by atoms with E-state index in [2.05, 4.69) is 15.3 Å². The monoisotopic (exact) mass is 257 g/mol. The number of nitrogens with one attached hydrogen (secondary N) is 2. The van der Waals surface area contributed by atoms with Gasteiger partial charge in [0.05, 0.1) is 13.7 Å². The molecule has 0 spiro atoms. The number of methoxy groups -OCH3 is 1. The maximum absolute atomic E-state index is 11.6. The number of ether oxygens (including phenoxy) is 1. The Balaban J connectivity index is 1.85. The Hall–Kier alpha value is -2.56. The summed E-state index contributed by atoms with van der Waals surface area (Å²) in [7, 11) is 1.62. The normalized spacial score (nSPS) is 10.6. The minimum atomic E-state index is -0.160. The van der Waals surface area contributed by atoms with E-state index in [1.807, 2.05) is 24.3 Å². The second-order valence-electron chi connectivity index (χ2n) is 3.86. The lowest BCUT2D eigenvalue weighted by atomic mass is 10.2. The largest absolute Gasteiger partial charge is 0.497 e. The highest BCUT2D eigenvalue weighted by Crippen LogP contribution is 2.12. The Kier molecular flexibility index (Phi) is 4.34. The summed E-state index contributed by atoms with van der Waals surface area (Å²) < 4.78 is 5.06. The number of amides is 1. The maximum Gasteiger partial charge on any atom is 0.244 e. The Bertz CT molecular complexity index is 545. The van der Waals surface area contributed by atoms with Crippen LogP contribution < -0.4 is 10.1 Å². The van der Waals surface area contributed by atoms with Crippen LogP contribution in [0.4, 0.5) is 0 Å². The molecule has 1 heterocycles. The summed E-state index contributed by atoms with van der Waals surface area (Å²) in [4.78, 5) is 18.5. The molecule has 2 N–H and O–H groups in total. The van der Waals surface area contributed by atoms with Crippen LogP contribution in [0.25, 0.3) is 6.08 Å². The third-order valence-electron chi connectivity index (χ3n) is 2.53. The molecule has 0 unspecified atom stereocenters. The molecule has 19 heavy (non-hydrogen) atoms. The van der Waals surface area contributed by atoms with Crippen molar-refractivity contribution in [1.82, 2.24) is 15.3 Å². The van der Waals surface area contributed by atoms with Crippen molar-refractivity contribution < 1.29 is 9.53 Å². The molecule has 0 aliphatic carbocycles. The van der Waals surface area contributed by atoms with Gasteiger partial charge < -0.3 is 15.0 Å². The van der Waals surface area contributed by atoms with Crippen molar-refractivity contribution in [3.05, 3.63) is 54.1 Å². The molecule has 2 rings (SSSR count). The van der Waals surface area contributed by atoms with E-state index in [0.717, 1.165) is 17.1 Å². The highest BCUT2D eigenvalue weighted by molar-refractivity contribution is 5.91. The van der Waals surface area contributed by atoms with Crippen LogP contribution in [0.5, 0.6) is 5.75 Å². The highest BCUT2D eigenvalue weighted by atomic mass is 16.5. The Labute approximate surface area is 111 Å². The molecule has 0 radical (unpaired) electrons. The standard InChI is InChI=1S/C14H15N3O2/c1-19-12-5-2-11(3-6-12)4-7-14(18)17-10-13-15-8-9-16-13/h2-9H,10H2,1H3,(H,15,16)(H,17,18). The summed E-state index contributed by atoms with van der Waals surface area (Å²) >= 11 is 0. The predicted octanol–water partition coefficient (Wildman–Crippen LogP) is 1.75. The lowest BCUT2D eigenvalue weighted by molar-refractivity contribution is -0.116. The van der Waals surface area contributed by atoms with Gasteiger partial charge in [-0.25, -0.2) is 4.98 Å². The molecule has 5 heteroatoms.